The highest BCUT2D eigenvalue weighted by Gasteiger charge is 2.22. The Bertz CT molecular complexity index is 860. The van der Waals surface area contributed by atoms with Crippen LogP contribution in [0.3, 0.4) is 0 Å². The van der Waals surface area contributed by atoms with Gasteiger partial charge in [0.2, 0.25) is 11.0 Å². The van der Waals surface area contributed by atoms with Gasteiger partial charge in [0.25, 0.3) is 0 Å². The SMILES string of the molecule is O=C(Nc1nnc(CCS(=O)(=O)c2ccc(Cl)cc2)s1)C1CCCCC1. The van der Waals surface area contributed by atoms with Crippen LogP contribution >= 0.6 is 22.9 Å². The van der Waals surface area contributed by atoms with E-state index < -0.39 is 9.84 Å². The molecule has 1 aliphatic carbocycles. The third-order valence-electron chi connectivity index (χ3n) is 4.43. The molecule has 1 heterocycles. The van der Waals surface area contributed by atoms with Crippen LogP contribution in [0, 0.1) is 5.92 Å². The third kappa shape index (κ3) is 5.02. The number of carbonyl (C=O) groups excluding carboxylic acids is 1. The van der Waals surface area contributed by atoms with Gasteiger partial charge in [-0.25, -0.2) is 8.42 Å². The van der Waals surface area contributed by atoms with Gasteiger partial charge in [0.05, 0.1) is 10.6 Å². The first kappa shape index (κ1) is 19.3. The molecule has 1 N–H and O–H groups in total. The van der Waals surface area contributed by atoms with Crippen molar-refractivity contribution < 1.29 is 13.2 Å². The maximum Gasteiger partial charge on any atom is 0.229 e. The van der Waals surface area contributed by atoms with Crippen LogP contribution < -0.4 is 5.32 Å². The lowest BCUT2D eigenvalue weighted by Gasteiger charge is -2.19. The van der Waals surface area contributed by atoms with Gasteiger partial charge in [-0.05, 0) is 37.1 Å². The smallest absolute Gasteiger partial charge is 0.229 e. The first-order valence-electron chi connectivity index (χ1n) is 8.55. The van der Waals surface area contributed by atoms with E-state index >= 15 is 0 Å². The zero-order valence-corrected chi connectivity index (χ0v) is 16.5. The molecule has 0 bridgehead atoms. The molecule has 3 rings (SSSR count). The van der Waals surface area contributed by atoms with Crippen molar-refractivity contribution in [1.82, 2.24) is 10.2 Å². The molecule has 0 radical (unpaired) electrons. The summed E-state index contributed by atoms with van der Waals surface area (Å²) in [7, 11) is -3.41. The average Bonchev–Trinajstić information content (AvgIpc) is 3.09. The van der Waals surface area contributed by atoms with Gasteiger partial charge in [-0.3, -0.25) is 4.79 Å². The summed E-state index contributed by atoms with van der Waals surface area (Å²) in [6, 6.07) is 6.09. The summed E-state index contributed by atoms with van der Waals surface area (Å²) >= 11 is 7.01. The predicted octanol–water partition coefficient (Wildman–Crippen LogP) is 3.73. The molecule has 1 aromatic heterocycles. The van der Waals surface area contributed by atoms with Crippen LogP contribution in [0.25, 0.3) is 0 Å². The Labute approximate surface area is 161 Å². The van der Waals surface area contributed by atoms with Gasteiger partial charge >= 0.3 is 0 Å². The molecule has 0 atom stereocenters. The second-order valence-corrected chi connectivity index (χ2v) is 9.96. The molecule has 0 spiro atoms. The summed E-state index contributed by atoms with van der Waals surface area (Å²) in [6.45, 7) is 0. The first-order chi connectivity index (χ1) is 12.4. The minimum atomic E-state index is -3.41. The molecule has 2 aromatic rings. The van der Waals surface area contributed by atoms with Gasteiger partial charge in [-0.2, -0.15) is 0 Å². The summed E-state index contributed by atoms with van der Waals surface area (Å²) in [5.74, 6) is -0.0395. The van der Waals surface area contributed by atoms with E-state index in [-0.39, 0.29) is 28.9 Å². The van der Waals surface area contributed by atoms with E-state index in [1.807, 2.05) is 0 Å². The Balaban J connectivity index is 1.56. The summed E-state index contributed by atoms with van der Waals surface area (Å²) < 4.78 is 24.7. The molecule has 1 aromatic carbocycles. The van der Waals surface area contributed by atoms with Crippen molar-refractivity contribution in [3.63, 3.8) is 0 Å². The van der Waals surface area contributed by atoms with Crippen molar-refractivity contribution in [3.05, 3.63) is 34.3 Å². The zero-order chi connectivity index (χ0) is 18.6. The highest BCUT2D eigenvalue weighted by atomic mass is 35.5. The van der Waals surface area contributed by atoms with Crippen molar-refractivity contribution in [1.29, 1.82) is 0 Å². The second-order valence-electron chi connectivity index (χ2n) is 6.35. The number of hydrogen-bond donors (Lipinski definition) is 1. The third-order valence-corrected chi connectivity index (χ3v) is 7.31. The van der Waals surface area contributed by atoms with Gasteiger partial charge < -0.3 is 5.32 Å². The quantitative estimate of drug-likeness (QED) is 0.779. The molecule has 26 heavy (non-hydrogen) atoms. The van der Waals surface area contributed by atoms with E-state index in [0.29, 0.717) is 15.2 Å². The van der Waals surface area contributed by atoms with Crippen molar-refractivity contribution >= 4 is 43.8 Å². The number of halogens is 1. The number of nitrogens with one attached hydrogen (secondary N) is 1. The number of aryl methyl sites for hydroxylation is 1. The Morgan fingerprint density at radius 1 is 1.15 bits per heavy atom. The van der Waals surface area contributed by atoms with Crippen LogP contribution in [-0.4, -0.2) is 30.3 Å². The van der Waals surface area contributed by atoms with Crippen molar-refractivity contribution in [3.8, 4) is 0 Å². The van der Waals surface area contributed by atoms with Crippen LogP contribution in [0.15, 0.2) is 29.2 Å². The number of rotatable bonds is 6. The fraction of sp³-hybridized carbons (Fsp3) is 0.471. The van der Waals surface area contributed by atoms with Gasteiger partial charge in [0.15, 0.2) is 9.84 Å². The largest absolute Gasteiger partial charge is 0.300 e. The van der Waals surface area contributed by atoms with E-state index in [0.717, 1.165) is 25.7 Å². The molecule has 0 saturated heterocycles. The number of benzene rings is 1. The van der Waals surface area contributed by atoms with Crippen molar-refractivity contribution in [2.24, 2.45) is 5.92 Å². The fourth-order valence-corrected chi connectivity index (χ4v) is 5.20. The molecule has 1 amide bonds. The van der Waals surface area contributed by atoms with Crippen LogP contribution in [0.2, 0.25) is 5.02 Å². The molecule has 0 unspecified atom stereocenters. The summed E-state index contributed by atoms with van der Waals surface area (Å²) in [5, 5.41) is 12.3. The number of amides is 1. The predicted molar refractivity (Wildman–Crippen MR) is 102 cm³/mol. The maximum atomic E-state index is 12.4. The van der Waals surface area contributed by atoms with E-state index in [1.54, 1.807) is 12.1 Å². The Kier molecular flexibility index (Phi) is 6.26. The molecule has 1 fully saturated rings. The molecular formula is C17H20ClN3O3S2. The van der Waals surface area contributed by atoms with Gasteiger partial charge in [-0.15, -0.1) is 10.2 Å². The Morgan fingerprint density at radius 3 is 2.54 bits per heavy atom. The van der Waals surface area contributed by atoms with Crippen molar-refractivity contribution in [2.75, 3.05) is 11.1 Å². The lowest BCUT2D eigenvalue weighted by Crippen LogP contribution is -2.24. The normalized spacial score (nSPS) is 15.7. The number of carbonyl (C=O) groups is 1. The molecule has 140 valence electrons. The molecule has 6 nitrogen and oxygen atoms in total. The lowest BCUT2D eigenvalue weighted by atomic mass is 9.89. The van der Waals surface area contributed by atoms with E-state index in [2.05, 4.69) is 15.5 Å². The highest BCUT2D eigenvalue weighted by molar-refractivity contribution is 7.91. The van der Waals surface area contributed by atoms with E-state index in [1.165, 1.54) is 29.9 Å². The monoisotopic (exact) mass is 413 g/mol. The van der Waals surface area contributed by atoms with E-state index in [9.17, 15) is 13.2 Å². The van der Waals surface area contributed by atoms with Crippen molar-refractivity contribution in [2.45, 2.75) is 43.4 Å². The minimum Gasteiger partial charge on any atom is -0.300 e. The lowest BCUT2D eigenvalue weighted by molar-refractivity contribution is -0.120. The van der Waals surface area contributed by atoms with Crippen LogP contribution in [-0.2, 0) is 21.1 Å². The van der Waals surface area contributed by atoms with Gasteiger partial charge in [0.1, 0.15) is 5.01 Å². The average molecular weight is 414 g/mol. The number of aromatic nitrogens is 2. The number of hydrogen-bond acceptors (Lipinski definition) is 6. The summed E-state index contributed by atoms with van der Waals surface area (Å²) in [4.78, 5) is 12.5. The molecular weight excluding hydrogens is 394 g/mol. The zero-order valence-electron chi connectivity index (χ0n) is 14.2. The Morgan fingerprint density at radius 2 is 1.85 bits per heavy atom. The Hall–Kier alpha value is -1.51. The summed E-state index contributed by atoms with van der Waals surface area (Å²) in [6.07, 6.45) is 5.44. The number of anilines is 1. The van der Waals surface area contributed by atoms with Gasteiger partial charge in [0, 0.05) is 17.4 Å². The minimum absolute atomic E-state index is 0.0128. The molecule has 0 aliphatic heterocycles. The summed E-state index contributed by atoms with van der Waals surface area (Å²) in [5.41, 5.74) is 0. The van der Waals surface area contributed by atoms with E-state index in [4.69, 9.17) is 11.6 Å². The van der Waals surface area contributed by atoms with Gasteiger partial charge in [-0.1, -0.05) is 42.2 Å². The standard InChI is InChI=1S/C17H20ClN3O3S2/c18-13-6-8-14(9-7-13)26(23,24)11-10-15-20-21-17(25-15)19-16(22)12-4-2-1-3-5-12/h6-9,12H,1-5,10-11H2,(H,19,21,22). The molecule has 1 saturated carbocycles. The molecule has 9 heteroatoms. The fourth-order valence-electron chi connectivity index (χ4n) is 2.96. The number of sulfone groups is 1. The topological polar surface area (TPSA) is 89.0 Å². The molecule has 1 aliphatic rings. The second kappa shape index (κ2) is 8.45. The highest BCUT2D eigenvalue weighted by Crippen LogP contribution is 2.26. The first-order valence-corrected chi connectivity index (χ1v) is 11.4. The van der Waals surface area contributed by atoms with Crippen LogP contribution in [0.4, 0.5) is 5.13 Å². The van der Waals surface area contributed by atoms with Crippen LogP contribution in [0.5, 0.6) is 0 Å². The van der Waals surface area contributed by atoms with Crippen LogP contribution in [0.1, 0.15) is 37.1 Å². The maximum absolute atomic E-state index is 12.4. The number of nitrogens with zero attached hydrogens (tertiary/aromatic N) is 2.